The van der Waals surface area contributed by atoms with Crippen molar-refractivity contribution in [2.24, 2.45) is 7.05 Å². The molecular formula is C20H17ClF3N5O2S. The first-order valence-electron chi connectivity index (χ1n) is 9.15. The highest BCUT2D eigenvalue weighted by Gasteiger charge is 2.30. The molecule has 12 heteroatoms. The smallest absolute Gasteiger partial charge is 0.326 e. The summed E-state index contributed by atoms with van der Waals surface area (Å²) in [4.78, 5) is 24.4. The van der Waals surface area contributed by atoms with E-state index in [9.17, 15) is 22.8 Å². The summed E-state index contributed by atoms with van der Waals surface area (Å²) in [6, 6.07) is 11.1. The van der Waals surface area contributed by atoms with Gasteiger partial charge in [0.05, 0.1) is 17.7 Å². The van der Waals surface area contributed by atoms with E-state index in [1.165, 1.54) is 12.1 Å². The van der Waals surface area contributed by atoms with Crippen molar-refractivity contribution in [3.63, 3.8) is 0 Å². The first kappa shape index (κ1) is 23.6. The number of nitrogens with zero attached hydrogens (tertiary/aromatic N) is 3. The van der Waals surface area contributed by atoms with Crippen LogP contribution in [0.1, 0.15) is 11.4 Å². The number of amides is 2. The van der Waals surface area contributed by atoms with Crippen molar-refractivity contribution in [2.75, 3.05) is 16.4 Å². The van der Waals surface area contributed by atoms with Gasteiger partial charge in [-0.25, -0.2) is 0 Å². The minimum Gasteiger partial charge on any atom is -0.326 e. The van der Waals surface area contributed by atoms with Crippen LogP contribution in [0.5, 0.6) is 0 Å². The number of anilines is 2. The van der Waals surface area contributed by atoms with Gasteiger partial charge in [0.1, 0.15) is 5.82 Å². The van der Waals surface area contributed by atoms with Crippen LogP contribution >= 0.6 is 23.4 Å². The van der Waals surface area contributed by atoms with Crippen LogP contribution in [0.2, 0.25) is 5.02 Å². The summed E-state index contributed by atoms with van der Waals surface area (Å²) < 4.78 is 40.0. The van der Waals surface area contributed by atoms with Crippen molar-refractivity contribution in [2.45, 2.75) is 17.8 Å². The van der Waals surface area contributed by atoms with E-state index in [1.807, 2.05) is 0 Å². The predicted octanol–water partition coefficient (Wildman–Crippen LogP) is 4.40. The summed E-state index contributed by atoms with van der Waals surface area (Å²) in [6.45, 7) is 0. The number of alkyl halides is 3. The van der Waals surface area contributed by atoms with Gasteiger partial charge in [-0.1, -0.05) is 35.5 Å². The molecule has 32 heavy (non-hydrogen) atoms. The second kappa shape index (κ2) is 10.0. The van der Waals surface area contributed by atoms with Crippen LogP contribution in [0.15, 0.2) is 53.7 Å². The molecule has 0 saturated heterocycles. The number of halogens is 4. The minimum absolute atomic E-state index is 0.0271. The zero-order valence-corrected chi connectivity index (χ0v) is 18.2. The Morgan fingerprint density at radius 1 is 1.03 bits per heavy atom. The van der Waals surface area contributed by atoms with Gasteiger partial charge in [0, 0.05) is 23.4 Å². The summed E-state index contributed by atoms with van der Waals surface area (Å²) in [7, 11) is 1.63. The van der Waals surface area contributed by atoms with Gasteiger partial charge in [-0.05, 0) is 36.4 Å². The summed E-state index contributed by atoms with van der Waals surface area (Å²) in [6.07, 6.45) is -4.70. The number of aromatic nitrogens is 3. The van der Waals surface area contributed by atoms with E-state index in [2.05, 4.69) is 20.8 Å². The number of carbonyl (C=O) groups excluding carboxylic acids is 2. The molecule has 0 fully saturated rings. The molecular weight excluding hydrogens is 467 g/mol. The van der Waals surface area contributed by atoms with E-state index in [0.29, 0.717) is 21.7 Å². The molecule has 0 bridgehead atoms. The fourth-order valence-corrected chi connectivity index (χ4v) is 3.56. The second-order valence-electron chi connectivity index (χ2n) is 6.61. The standard InChI is InChI=1S/C20H17ClF3N5O2S/c1-29-16(10-17(30)25-14-6-2-4-12(8-14)20(22,23)24)27-28-19(29)32-11-18(31)26-15-7-3-5-13(21)9-15/h2-9H,10-11H2,1H3,(H,25,30)(H,26,31). The lowest BCUT2D eigenvalue weighted by atomic mass is 10.2. The molecule has 2 amide bonds. The van der Waals surface area contributed by atoms with E-state index < -0.39 is 17.6 Å². The molecule has 0 spiro atoms. The Balaban J connectivity index is 1.55. The van der Waals surface area contributed by atoms with Gasteiger partial charge in [0.2, 0.25) is 11.8 Å². The maximum atomic E-state index is 12.8. The number of carbonyl (C=O) groups is 2. The summed E-state index contributed by atoms with van der Waals surface area (Å²) in [5.41, 5.74) is -0.268. The van der Waals surface area contributed by atoms with Crippen molar-refractivity contribution in [1.29, 1.82) is 0 Å². The fraction of sp³-hybridized carbons (Fsp3) is 0.200. The van der Waals surface area contributed by atoms with Crippen LogP contribution < -0.4 is 10.6 Å². The Labute approximate surface area is 190 Å². The van der Waals surface area contributed by atoms with Gasteiger partial charge >= 0.3 is 6.18 Å². The van der Waals surface area contributed by atoms with Gasteiger partial charge < -0.3 is 15.2 Å². The van der Waals surface area contributed by atoms with Gasteiger partial charge in [0.15, 0.2) is 5.16 Å². The van der Waals surface area contributed by atoms with Gasteiger partial charge in [-0.2, -0.15) is 13.2 Å². The van der Waals surface area contributed by atoms with E-state index in [1.54, 1.807) is 35.9 Å². The monoisotopic (exact) mass is 483 g/mol. The Hall–Kier alpha value is -3.05. The molecule has 7 nitrogen and oxygen atoms in total. The van der Waals surface area contributed by atoms with Crippen LogP contribution in [0, 0.1) is 0 Å². The molecule has 0 unspecified atom stereocenters. The maximum Gasteiger partial charge on any atom is 0.416 e. The van der Waals surface area contributed by atoms with Crippen molar-refractivity contribution in [1.82, 2.24) is 14.8 Å². The Morgan fingerprint density at radius 2 is 1.69 bits per heavy atom. The zero-order valence-electron chi connectivity index (χ0n) is 16.6. The Bertz CT molecular complexity index is 1140. The molecule has 2 N–H and O–H groups in total. The number of benzene rings is 2. The summed E-state index contributed by atoms with van der Waals surface area (Å²) in [5, 5.41) is 13.9. The van der Waals surface area contributed by atoms with Crippen molar-refractivity contribution < 1.29 is 22.8 Å². The van der Waals surface area contributed by atoms with E-state index >= 15 is 0 Å². The fourth-order valence-electron chi connectivity index (χ4n) is 2.64. The highest BCUT2D eigenvalue weighted by molar-refractivity contribution is 7.99. The van der Waals surface area contributed by atoms with Crippen molar-refractivity contribution >= 4 is 46.6 Å². The summed E-state index contributed by atoms with van der Waals surface area (Å²) >= 11 is 7.01. The lowest BCUT2D eigenvalue weighted by Gasteiger charge is -2.10. The van der Waals surface area contributed by atoms with Gasteiger partial charge in [0.25, 0.3) is 0 Å². The molecule has 3 rings (SSSR count). The highest BCUT2D eigenvalue weighted by atomic mass is 35.5. The molecule has 1 aromatic heterocycles. The quantitative estimate of drug-likeness (QED) is 0.486. The molecule has 0 radical (unpaired) electrons. The normalized spacial score (nSPS) is 11.3. The molecule has 0 saturated carbocycles. The number of nitrogens with one attached hydrogen (secondary N) is 2. The Kier molecular flexibility index (Phi) is 7.41. The third-order valence-electron chi connectivity index (χ3n) is 4.16. The Morgan fingerprint density at radius 3 is 2.38 bits per heavy atom. The molecule has 168 valence electrons. The molecule has 0 aliphatic heterocycles. The first-order chi connectivity index (χ1) is 15.1. The highest BCUT2D eigenvalue weighted by Crippen LogP contribution is 2.30. The van der Waals surface area contributed by atoms with Crippen molar-refractivity contribution in [3.05, 3.63) is 64.9 Å². The predicted molar refractivity (Wildman–Crippen MR) is 116 cm³/mol. The number of hydrogen-bond donors (Lipinski definition) is 2. The molecule has 0 aliphatic rings. The van der Waals surface area contributed by atoms with Crippen LogP contribution in [-0.4, -0.2) is 32.3 Å². The third-order valence-corrected chi connectivity index (χ3v) is 5.41. The van der Waals surface area contributed by atoms with Crippen LogP contribution in [0.3, 0.4) is 0 Å². The van der Waals surface area contributed by atoms with Crippen LogP contribution in [0.25, 0.3) is 0 Å². The van der Waals surface area contributed by atoms with E-state index in [4.69, 9.17) is 11.6 Å². The number of rotatable bonds is 7. The average molecular weight is 484 g/mol. The van der Waals surface area contributed by atoms with Crippen molar-refractivity contribution in [3.8, 4) is 0 Å². The topological polar surface area (TPSA) is 88.9 Å². The molecule has 0 aliphatic carbocycles. The SMILES string of the molecule is Cn1c(CC(=O)Nc2cccc(C(F)(F)F)c2)nnc1SCC(=O)Nc1cccc(Cl)c1. The van der Waals surface area contributed by atoms with Gasteiger partial charge in [-0.3, -0.25) is 9.59 Å². The van der Waals surface area contributed by atoms with Crippen LogP contribution in [-0.2, 0) is 29.2 Å². The first-order valence-corrected chi connectivity index (χ1v) is 10.5. The van der Waals surface area contributed by atoms with Gasteiger partial charge in [-0.15, -0.1) is 10.2 Å². The largest absolute Gasteiger partial charge is 0.416 e. The average Bonchev–Trinajstić information content (AvgIpc) is 3.05. The molecule has 3 aromatic rings. The second-order valence-corrected chi connectivity index (χ2v) is 7.99. The van der Waals surface area contributed by atoms with E-state index in [0.717, 1.165) is 23.9 Å². The third kappa shape index (κ3) is 6.47. The zero-order chi connectivity index (χ0) is 23.3. The summed E-state index contributed by atoms with van der Waals surface area (Å²) in [5.74, 6) is -0.471. The number of hydrogen-bond acceptors (Lipinski definition) is 5. The van der Waals surface area contributed by atoms with Crippen LogP contribution in [0.4, 0.5) is 24.5 Å². The number of thioether (sulfide) groups is 1. The lowest BCUT2D eigenvalue weighted by Crippen LogP contribution is -2.18. The lowest BCUT2D eigenvalue weighted by molar-refractivity contribution is -0.137. The molecule has 0 atom stereocenters. The van der Waals surface area contributed by atoms with E-state index in [-0.39, 0.29) is 23.8 Å². The maximum absolute atomic E-state index is 12.8. The molecule has 2 aromatic carbocycles. The molecule has 1 heterocycles. The minimum atomic E-state index is -4.50.